The van der Waals surface area contributed by atoms with Gasteiger partial charge in [-0.1, -0.05) is 0 Å². The lowest BCUT2D eigenvalue weighted by molar-refractivity contribution is -0.215. The summed E-state index contributed by atoms with van der Waals surface area (Å²) in [6.07, 6.45) is 2.76. The number of carbonyl (C=O) groups is 1. The van der Waals surface area contributed by atoms with Crippen LogP contribution in [0.25, 0.3) is 0 Å². The minimum atomic E-state index is -0.553. The predicted octanol–water partition coefficient (Wildman–Crippen LogP) is 0.999. The number of carbonyl (C=O) groups excluding carboxylic acids is 1. The zero-order valence-electron chi connectivity index (χ0n) is 10.1. The number of ether oxygens (including phenoxy) is 4. The molecule has 0 aromatic heterocycles. The van der Waals surface area contributed by atoms with Crippen molar-refractivity contribution in [1.29, 1.82) is 0 Å². The molecule has 0 radical (unpaired) electrons. The fourth-order valence-corrected chi connectivity index (χ4v) is 2.84. The van der Waals surface area contributed by atoms with Gasteiger partial charge in [0.2, 0.25) is 0 Å². The van der Waals surface area contributed by atoms with Crippen LogP contribution in [0.1, 0.15) is 33.1 Å². The molecule has 0 aliphatic carbocycles. The molecule has 0 saturated carbocycles. The van der Waals surface area contributed by atoms with Gasteiger partial charge in [-0.2, -0.15) is 0 Å². The fraction of sp³-hybridized carbons (Fsp3) is 0.917. The molecule has 3 rings (SSSR count). The number of aldehydes is 1. The second-order valence-electron chi connectivity index (χ2n) is 5.38. The van der Waals surface area contributed by atoms with Crippen LogP contribution in [0.2, 0.25) is 0 Å². The van der Waals surface area contributed by atoms with E-state index in [4.69, 9.17) is 18.9 Å². The zero-order chi connectivity index (χ0) is 12.0. The molecule has 0 aromatic rings. The molecule has 5 nitrogen and oxygen atoms in total. The monoisotopic (exact) mass is 242 g/mol. The first-order chi connectivity index (χ1) is 8.07. The van der Waals surface area contributed by atoms with Crippen molar-refractivity contribution in [3.05, 3.63) is 0 Å². The smallest absolute Gasteiger partial charge is 0.187 e. The molecule has 17 heavy (non-hydrogen) atoms. The highest BCUT2D eigenvalue weighted by Crippen LogP contribution is 2.40. The van der Waals surface area contributed by atoms with Gasteiger partial charge in [0.05, 0.1) is 12.2 Å². The fourth-order valence-electron chi connectivity index (χ4n) is 2.84. The van der Waals surface area contributed by atoms with E-state index in [0.29, 0.717) is 0 Å². The molecule has 3 fully saturated rings. The maximum absolute atomic E-state index is 10.6. The minimum absolute atomic E-state index is 0.00566. The van der Waals surface area contributed by atoms with E-state index in [1.54, 1.807) is 0 Å². The van der Waals surface area contributed by atoms with Crippen molar-refractivity contribution in [2.24, 2.45) is 0 Å². The standard InChI is InChI=1S/C12H18O5/c1-12(2)16-10-5-9(15-11(10)17-12)8-4-3-7(6-13)14-8/h6-11H,3-5H2,1-2H3/t7-,8-,9-,10-,11-/m1/s1. The van der Waals surface area contributed by atoms with E-state index >= 15 is 0 Å². The van der Waals surface area contributed by atoms with Crippen molar-refractivity contribution in [3.8, 4) is 0 Å². The van der Waals surface area contributed by atoms with Gasteiger partial charge >= 0.3 is 0 Å². The van der Waals surface area contributed by atoms with Crippen LogP contribution in [0.5, 0.6) is 0 Å². The Morgan fingerprint density at radius 3 is 2.53 bits per heavy atom. The second kappa shape index (κ2) is 4.02. The molecule has 0 unspecified atom stereocenters. The summed E-state index contributed by atoms with van der Waals surface area (Å²) in [5.74, 6) is -0.553. The second-order valence-corrected chi connectivity index (χ2v) is 5.38. The average molecular weight is 242 g/mol. The van der Waals surface area contributed by atoms with Crippen molar-refractivity contribution < 1.29 is 23.7 Å². The number of hydrogen-bond donors (Lipinski definition) is 0. The quantitative estimate of drug-likeness (QED) is 0.676. The molecule has 0 spiro atoms. The van der Waals surface area contributed by atoms with Crippen LogP contribution >= 0.6 is 0 Å². The number of rotatable bonds is 2. The Hall–Kier alpha value is -0.490. The average Bonchev–Trinajstić information content (AvgIpc) is 2.88. The lowest BCUT2D eigenvalue weighted by Gasteiger charge is -2.23. The molecule has 3 aliphatic heterocycles. The van der Waals surface area contributed by atoms with Crippen LogP contribution in [-0.2, 0) is 23.7 Å². The molecule has 0 amide bonds. The summed E-state index contributed by atoms with van der Waals surface area (Å²) in [6, 6.07) is 0. The molecule has 3 heterocycles. The summed E-state index contributed by atoms with van der Waals surface area (Å²) in [5.41, 5.74) is 0. The molecule has 0 aromatic carbocycles. The van der Waals surface area contributed by atoms with E-state index in [9.17, 15) is 4.79 Å². The van der Waals surface area contributed by atoms with Crippen molar-refractivity contribution in [1.82, 2.24) is 0 Å². The summed E-state index contributed by atoms with van der Waals surface area (Å²) < 4.78 is 22.8. The Morgan fingerprint density at radius 1 is 1.06 bits per heavy atom. The maximum atomic E-state index is 10.6. The molecule has 0 bridgehead atoms. The summed E-state index contributed by atoms with van der Waals surface area (Å²) >= 11 is 0. The third kappa shape index (κ3) is 2.12. The van der Waals surface area contributed by atoms with Crippen LogP contribution in [0.3, 0.4) is 0 Å². The van der Waals surface area contributed by atoms with Crippen LogP contribution < -0.4 is 0 Å². The van der Waals surface area contributed by atoms with Crippen molar-refractivity contribution in [3.63, 3.8) is 0 Å². The van der Waals surface area contributed by atoms with E-state index in [0.717, 1.165) is 25.5 Å². The Bertz CT molecular complexity index is 300. The van der Waals surface area contributed by atoms with Gasteiger partial charge in [-0.15, -0.1) is 0 Å². The van der Waals surface area contributed by atoms with Gasteiger partial charge in [0.25, 0.3) is 0 Å². The third-order valence-corrected chi connectivity index (χ3v) is 3.56. The van der Waals surface area contributed by atoms with Gasteiger partial charge in [-0.05, 0) is 26.7 Å². The normalized spacial score (nSPS) is 48.2. The molecular weight excluding hydrogens is 224 g/mol. The van der Waals surface area contributed by atoms with Gasteiger partial charge in [0, 0.05) is 6.42 Å². The molecular formula is C12H18O5. The van der Waals surface area contributed by atoms with Gasteiger partial charge in [-0.25, -0.2) is 0 Å². The Morgan fingerprint density at radius 2 is 1.88 bits per heavy atom. The lowest BCUT2D eigenvalue weighted by Crippen LogP contribution is -2.31. The molecule has 3 aliphatic rings. The van der Waals surface area contributed by atoms with Gasteiger partial charge in [0.15, 0.2) is 12.1 Å². The Labute approximate surface area is 100 Å². The van der Waals surface area contributed by atoms with Crippen molar-refractivity contribution >= 4 is 6.29 Å². The van der Waals surface area contributed by atoms with Gasteiger partial charge < -0.3 is 23.7 Å². The first-order valence-corrected chi connectivity index (χ1v) is 6.19. The summed E-state index contributed by atoms with van der Waals surface area (Å²) in [5, 5.41) is 0. The third-order valence-electron chi connectivity index (χ3n) is 3.56. The van der Waals surface area contributed by atoms with Gasteiger partial charge in [0.1, 0.15) is 18.5 Å². The summed E-state index contributed by atoms with van der Waals surface area (Å²) in [7, 11) is 0. The van der Waals surface area contributed by atoms with Crippen molar-refractivity contribution in [2.45, 2.75) is 69.6 Å². The first-order valence-electron chi connectivity index (χ1n) is 6.19. The maximum Gasteiger partial charge on any atom is 0.187 e. The van der Waals surface area contributed by atoms with E-state index in [2.05, 4.69) is 0 Å². The molecule has 96 valence electrons. The van der Waals surface area contributed by atoms with Crippen LogP contribution in [0.4, 0.5) is 0 Å². The SMILES string of the molecule is CC1(C)O[C@H]2O[C@@H]([C@H]3CC[C@H](C=O)O3)C[C@H]2O1. The molecule has 3 saturated heterocycles. The van der Waals surface area contributed by atoms with E-state index in [1.807, 2.05) is 13.8 Å². The molecule has 5 heteroatoms. The molecule has 0 N–H and O–H groups in total. The highest BCUT2D eigenvalue weighted by molar-refractivity contribution is 5.56. The topological polar surface area (TPSA) is 54.0 Å². The van der Waals surface area contributed by atoms with Crippen LogP contribution in [0.15, 0.2) is 0 Å². The van der Waals surface area contributed by atoms with Gasteiger partial charge in [-0.3, -0.25) is 0 Å². The predicted molar refractivity (Wildman–Crippen MR) is 57.3 cm³/mol. The lowest BCUT2D eigenvalue weighted by atomic mass is 10.1. The highest BCUT2D eigenvalue weighted by atomic mass is 16.8. The Balaban J connectivity index is 1.58. The van der Waals surface area contributed by atoms with Crippen LogP contribution in [0, 0.1) is 0 Å². The first kappa shape index (κ1) is 11.6. The zero-order valence-corrected chi connectivity index (χ0v) is 10.1. The number of fused-ring (bicyclic) bond motifs is 1. The van der Waals surface area contributed by atoms with E-state index < -0.39 is 5.79 Å². The minimum Gasteiger partial charge on any atom is -0.365 e. The van der Waals surface area contributed by atoms with Crippen LogP contribution in [-0.4, -0.2) is 42.8 Å². The van der Waals surface area contributed by atoms with E-state index in [1.165, 1.54) is 0 Å². The largest absolute Gasteiger partial charge is 0.365 e. The molecule has 5 atom stereocenters. The summed E-state index contributed by atoms with van der Waals surface area (Å²) in [6.45, 7) is 3.77. The Kier molecular flexibility index (Phi) is 2.74. The highest BCUT2D eigenvalue weighted by Gasteiger charge is 2.51. The van der Waals surface area contributed by atoms with Crippen molar-refractivity contribution in [2.75, 3.05) is 0 Å². The number of hydrogen-bond acceptors (Lipinski definition) is 5. The van der Waals surface area contributed by atoms with E-state index in [-0.39, 0.29) is 30.7 Å². The summed E-state index contributed by atoms with van der Waals surface area (Å²) in [4.78, 5) is 10.6.